The maximum absolute atomic E-state index is 14.2. The van der Waals surface area contributed by atoms with Crippen LogP contribution in [0.4, 0.5) is 9.18 Å². The van der Waals surface area contributed by atoms with Gasteiger partial charge in [0.2, 0.25) is 0 Å². The number of hydrogen-bond acceptors (Lipinski definition) is 5. The van der Waals surface area contributed by atoms with Crippen LogP contribution in [-0.2, 0) is 14.0 Å². The van der Waals surface area contributed by atoms with Gasteiger partial charge in [0.05, 0.1) is 11.2 Å². The molecular weight excluding hydrogens is 520 g/mol. The first kappa shape index (κ1) is 27.2. The van der Waals surface area contributed by atoms with E-state index in [1.165, 1.54) is 12.1 Å². The number of nitrogens with one attached hydrogen (secondary N) is 1. The molecule has 0 unspecified atom stereocenters. The topological polar surface area (TPSA) is 77.0 Å². The second-order valence-electron chi connectivity index (χ2n) is 10.8. The summed E-state index contributed by atoms with van der Waals surface area (Å²) in [5.41, 5.74) is 3.80. The van der Waals surface area contributed by atoms with Crippen molar-refractivity contribution in [2.45, 2.75) is 44.8 Å². The van der Waals surface area contributed by atoms with Crippen LogP contribution in [-0.4, -0.2) is 42.7 Å². The van der Waals surface area contributed by atoms with Crippen LogP contribution in [0, 0.1) is 5.82 Å². The first-order valence-corrected chi connectivity index (χ1v) is 13.2. The number of carbonyl (C=O) groups is 1. The van der Waals surface area contributed by atoms with E-state index in [1.807, 2.05) is 52.0 Å². The van der Waals surface area contributed by atoms with Crippen LogP contribution in [0.2, 0.25) is 5.02 Å². The van der Waals surface area contributed by atoms with E-state index in [-0.39, 0.29) is 29.7 Å². The van der Waals surface area contributed by atoms with Gasteiger partial charge in [-0.05, 0) is 67.6 Å². The predicted molar refractivity (Wildman–Crippen MR) is 150 cm³/mol. The predicted octanol–water partition coefficient (Wildman–Crippen LogP) is 6.74. The molecule has 1 amide bonds. The minimum Gasteiger partial charge on any atom is -0.504 e. The summed E-state index contributed by atoms with van der Waals surface area (Å²) in [6.07, 6.45) is 0.886. The number of rotatable bonds is 6. The Balaban J connectivity index is 1.33. The van der Waals surface area contributed by atoms with E-state index >= 15 is 0 Å². The van der Waals surface area contributed by atoms with Crippen molar-refractivity contribution in [1.29, 1.82) is 0 Å². The number of phenolic OH excluding ortho intramolecular Hbond substituents is 1. The lowest BCUT2D eigenvalue weighted by Gasteiger charge is -2.32. The molecule has 1 heterocycles. The SMILES string of the molecule is CC1(C)OB(C(=Cc2cc(Cl)cc(F)c2O)CNC(=O)OCC2c3ccccc3-c3ccccc32)OC1(C)C. The lowest BCUT2D eigenvalue weighted by molar-refractivity contribution is 0.00578. The van der Waals surface area contributed by atoms with Crippen molar-refractivity contribution < 1.29 is 28.3 Å². The van der Waals surface area contributed by atoms with Crippen molar-refractivity contribution in [3.63, 3.8) is 0 Å². The number of fused-ring (bicyclic) bond motifs is 3. The van der Waals surface area contributed by atoms with Gasteiger partial charge in [-0.25, -0.2) is 9.18 Å². The fourth-order valence-electron chi connectivity index (χ4n) is 4.92. The number of carbonyl (C=O) groups excluding carboxylic acids is 1. The standard InChI is InChI=1S/C30H30BClFNO5/c1-29(2)30(3,4)39-31(38-29)19(13-18-14-20(32)15-26(33)27(18)35)16-34-28(36)37-17-25-23-11-7-5-9-21(23)22-10-6-8-12-24(22)25/h5-15,25,35H,16-17H2,1-4H3,(H,34,36). The normalized spacial score (nSPS) is 17.6. The summed E-state index contributed by atoms with van der Waals surface area (Å²) in [6, 6.07) is 18.7. The summed E-state index contributed by atoms with van der Waals surface area (Å²) < 4.78 is 32.1. The molecule has 9 heteroatoms. The Morgan fingerprint density at radius 1 is 1.05 bits per heavy atom. The molecule has 2 N–H and O–H groups in total. The molecule has 1 aliphatic heterocycles. The second kappa shape index (κ2) is 10.3. The zero-order chi connectivity index (χ0) is 27.9. The fourth-order valence-corrected chi connectivity index (χ4v) is 5.13. The zero-order valence-electron chi connectivity index (χ0n) is 22.3. The van der Waals surface area contributed by atoms with Gasteiger partial charge in [-0.2, -0.15) is 0 Å². The van der Waals surface area contributed by atoms with Gasteiger partial charge in [-0.1, -0.05) is 66.2 Å². The van der Waals surface area contributed by atoms with Crippen LogP contribution in [0.3, 0.4) is 0 Å². The van der Waals surface area contributed by atoms with Crippen molar-refractivity contribution in [1.82, 2.24) is 5.32 Å². The quantitative estimate of drug-likeness (QED) is 0.333. The summed E-state index contributed by atoms with van der Waals surface area (Å²) in [7, 11) is -0.856. The van der Waals surface area contributed by atoms with E-state index in [9.17, 15) is 14.3 Å². The van der Waals surface area contributed by atoms with Gasteiger partial charge in [-0.15, -0.1) is 0 Å². The third kappa shape index (κ3) is 5.29. The Labute approximate surface area is 232 Å². The molecule has 1 aliphatic carbocycles. The summed E-state index contributed by atoms with van der Waals surface area (Å²) in [6.45, 7) is 7.75. The second-order valence-corrected chi connectivity index (χ2v) is 11.2. The minimum absolute atomic E-state index is 0.0267. The molecule has 202 valence electrons. The molecule has 5 rings (SSSR count). The molecular formula is C30H30BClFNO5. The minimum atomic E-state index is -0.856. The van der Waals surface area contributed by atoms with E-state index in [2.05, 4.69) is 29.6 Å². The van der Waals surface area contributed by atoms with Crippen LogP contribution < -0.4 is 5.32 Å². The summed E-state index contributed by atoms with van der Waals surface area (Å²) in [5.74, 6) is -1.49. The molecule has 0 spiro atoms. The van der Waals surface area contributed by atoms with Crippen LogP contribution in [0.15, 0.2) is 66.1 Å². The van der Waals surface area contributed by atoms with Gasteiger partial charge in [0.1, 0.15) is 6.61 Å². The first-order chi connectivity index (χ1) is 18.5. The molecule has 0 atom stereocenters. The molecule has 0 bridgehead atoms. The molecule has 1 saturated heterocycles. The van der Waals surface area contributed by atoms with Gasteiger partial charge in [0.25, 0.3) is 0 Å². The first-order valence-electron chi connectivity index (χ1n) is 12.8. The maximum atomic E-state index is 14.2. The zero-order valence-corrected chi connectivity index (χ0v) is 23.0. The van der Waals surface area contributed by atoms with Crippen LogP contribution in [0.1, 0.15) is 50.3 Å². The van der Waals surface area contributed by atoms with Gasteiger partial charge >= 0.3 is 13.2 Å². The van der Waals surface area contributed by atoms with Gasteiger partial charge in [0.15, 0.2) is 11.6 Å². The van der Waals surface area contributed by atoms with E-state index in [0.717, 1.165) is 28.3 Å². The highest BCUT2D eigenvalue weighted by molar-refractivity contribution is 6.56. The van der Waals surface area contributed by atoms with Crippen molar-refractivity contribution >= 4 is 30.9 Å². The number of halogens is 2. The fraction of sp³-hybridized carbons (Fsp3) is 0.300. The third-order valence-electron chi connectivity index (χ3n) is 7.74. The number of ether oxygens (including phenoxy) is 1. The monoisotopic (exact) mass is 549 g/mol. The Kier molecular flexibility index (Phi) is 7.22. The molecule has 1 fully saturated rings. The summed E-state index contributed by atoms with van der Waals surface area (Å²) in [5, 5.41) is 13.2. The van der Waals surface area contributed by atoms with Crippen molar-refractivity contribution in [3.05, 3.63) is 93.7 Å². The van der Waals surface area contributed by atoms with E-state index in [1.54, 1.807) is 0 Å². The lowest BCUT2D eigenvalue weighted by atomic mass is 9.77. The highest BCUT2D eigenvalue weighted by Gasteiger charge is 2.52. The Morgan fingerprint density at radius 3 is 2.21 bits per heavy atom. The molecule has 39 heavy (non-hydrogen) atoms. The van der Waals surface area contributed by atoms with Gasteiger partial charge in [0, 0.05) is 23.0 Å². The molecule has 0 aromatic heterocycles. The largest absolute Gasteiger partial charge is 0.504 e. The Morgan fingerprint density at radius 2 is 1.62 bits per heavy atom. The van der Waals surface area contributed by atoms with Crippen LogP contribution in [0.5, 0.6) is 5.75 Å². The van der Waals surface area contributed by atoms with E-state index < -0.39 is 36.0 Å². The lowest BCUT2D eigenvalue weighted by Crippen LogP contribution is -2.41. The maximum Gasteiger partial charge on any atom is 0.492 e. The summed E-state index contributed by atoms with van der Waals surface area (Å²) >= 11 is 6.03. The van der Waals surface area contributed by atoms with Gasteiger partial charge < -0.3 is 24.5 Å². The van der Waals surface area contributed by atoms with Crippen molar-refractivity contribution in [2.75, 3.05) is 13.2 Å². The number of hydrogen-bond donors (Lipinski definition) is 2. The van der Waals surface area contributed by atoms with E-state index in [0.29, 0.717) is 5.47 Å². The van der Waals surface area contributed by atoms with Crippen molar-refractivity contribution in [3.8, 4) is 16.9 Å². The third-order valence-corrected chi connectivity index (χ3v) is 7.95. The number of amides is 1. The van der Waals surface area contributed by atoms with Gasteiger partial charge in [-0.3, -0.25) is 0 Å². The summed E-state index contributed by atoms with van der Waals surface area (Å²) in [4.78, 5) is 12.9. The number of alkyl carbamates (subject to hydrolysis) is 1. The molecule has 6 nitrogen and oxygen atoms in total. The molecule has 3 aromatic carbocycles. The van der Waals surface area contributed by atoms with Crippen molar-refractivity contribution in [2.24, 2.45) is 0 Å². The average molecular weight is 550 g/mol. The number of benzene rings is 3. The number of aromatic hydroxyl groups is 1. The smallest absolute Gasteiger partial charge is 0.492 e. The molecule has 0 radical (unpaired) electrons. The molecule has 0 saturated carbocycles. The van der Waals surface area contributed by atoms with Crippen LogP contribution in [0.25, 0.3) is 17.2 Å². The Hall–Kier alpha value is -3.33. The average Bonchev–Trinajstić information content (AvgIpc) is 3.32. The number of phenols is 1. The Bertz CT molecular complexity index is 1400. The molecule has 2 aliphatic rings. The highest BCUT2D eigenvalue weighted by atomic mass is 35.5. The van der Waals surface area contributed by atoms with E-state index in [4.69, 9.17) is 25.6 Å². The van der Waals surface area contributed by atoms with Crippen LogP contribution >= 0.6 is 11.6 Å². The highest BCUT2D eigenvalue weighted by Crippen LogP contribution is 2.44. The molecule has 3 aromatic rings.